The lowest BCUT2D eigenvalue weighted by atomic mass is 10.2. The Labute approximate surface area is 133 Å². The summed E-state index contributed by atoms with van der Waals surface area (Å²) in [5.74, 6) is -1.55. The van der Waals surface area contributed by atoms with Crippen LogP contribution in [0.1, 0.15) is 5.56 Å². The van der Waals surface area contributed by atoms with Crippen LogP contribution >= 0.6 is 0 Å². The average Bonchev–Trinajstić information content (AvgIpc) is 2.57. The number of halogens is 2. The molecule has 0 aliphatic carbocycles. The molecule has 0 saturated carbocycles. The van der Waals surface area contributed by atoms with Gasteiger partial charge in [-0.05, 0) is 29.8 Å². The molecule has 2 aromatic rings. The van der Waals surface area contributed by atoms with E-state index < -0.39 is 17.7 Å². The second-order valence-corrected chi connectivity index (χ2v) is 4.88. The van der Waals surface area contributed by atoms with Crippen molar-refractivity contribution in [1.29, 1.82) is 0 Å². The van der Waals surface area contributed by atoms with Gasteiger partial charge in [-0.3, -0.25) is 0 Å². The molecule has 1 unspecified atom stereocenters. The molecule has 0 aromatic heterocycles. The van der Waals surface area contributed by atoms with Gasteiger partial charge in [0.1, 0.15) is 18.5 Å². The molecule has 0 fully saturated rings. The highest BCUT2D eigenvalue weighted by molar-refractivity contribution is 5.26. The largest absolute Gasteiger partial charge is 0.497 e. The summed E-state index contributed by atoms with van der Waals surface area (Å²) in [7, 11) is 1.59. The van der Waals surface area contributed by atoms with Gasteiger partial charge in [0, 0.05) is 0 Å². The van der Waals surface area contributed by atoms with Crippen molar-refractivity contribution in [3.05, 3.63) is 59.7 Å². The molecule has 0 heterocycles. The zero-order chi connectivity index (χ0) is 16.7. The first-order chi connectivity index (χ1) is 11.1. The second kappa shape index (κ2) is 8.45. The van der Waals surface area contributed by atoms with Crippen LogP contribution in [0.15, 0.2) is 42.5 Å². The first-order valence-corrected chi connectivity index (χ1v) is 7.05. The Balaban J connectivity index is 1.72. The van der Waals surface area contributed by atoms with Gasteiger partial charge >= 0.3 is 0 Å². The van der Waals surface area contributed by atoms with Crippen LogP contribution in [-0.2, 0) is 11.3 Å². The number of aliphatic hydroxyl groups is 1. The van der Waals surface area contributed by atoms with Gasteiger partial charge in [-0.2, -0.15) is 4.39 Å². The van der Waals surface area contributed by atoms with Gasteiger partial charge in [-0.25, -0.2) is 4.39 Å². The summed E-state index contributed by atoms with van der Waals surface area (Å²) in [5, 5.41) is 9.74. The maximum Gasteiger partial charge on any atom is 0.200 e. The number of hydrogen-bond donors (Lipinski definition) is 1. The van der Waals surface area contributed by atoms with Gasteiger partial charge in [0.05, 0.1) is 20.3 Å². The van der Waals surface area contributed by atoms with E-state index in [1.54, 1.807) is 7.11 Å². The molecule has 4 nitrogen and oxygen atoms in total. The van der Waals surface area contributed by atoms with Gasteiger partial charge in [-0.15, -0.1) is 0 Å². The second-order valence-electron chi connectivity index (χ2n) is 4.88. The van der Waals surface area contributed by atoms with Crippen molar-refractivity contribution in [2.24, 2.45) is 0 Å². The highest BCUT2D eigenvalue weighted by atomic mass is 19.2. The third kappa shape index (κ3) is 5.19. The molecule has 2 rings (SSSR count). The zero-order valence-electron chi connectivity index (χ0n) is 12.7. The Bertz CT molecular complexity index is 616. The summed E-state index contributed by atoms with van der Waals surface area (Å²) in [6.07, 6.45) is -0.948. The van der Waals surface area contributed by atoms with Gasteiger partial charge in [-0.1, -0.05) is 18.2 Å². The minimum Gasteiger partial charge on any atom is -0.497 e. The van der Waals surface area contributed by atoms with E-state index in [4.69, 9.17) is 14.2 Å². The Morgan fingerprint density at radius 3 is 2.48 bits per heavy atom. The van der Waals surface area contributed by atoms with E-state index in [1.165, 1.54) is 12.1 Å². The van der Waals surface area contributed by atoms with Crippen LogP contribution < -0.4 is 9.47 Å². The fourth-order valence-electron chi connectivity index (χ4n) is 1.86. The first-order valence-electron chi connectivity index (χ1n) is 7.05. The van der Waals surface area contributed by atoms with E-state index in [2.05, 4.69) is 0 Å². The van der Waals surface area contributed by atoms with Gasteiger partial charge < -0.3 is 19.3 Å². The smallest absolute Gasteiger partial charge is 0.200 e. The number of methoxy groups -OCH3 is 1. The maximum absolute atomic E-state index is 13.4. The molecule has 0 bridgehead atoms. The Kier molecular flexibility index (Phi) is 6.31. The van der Waals surface area contributed by atoms with Gasteiger partial charge in [0.2, 0.25) is 5.82 Å². The lowest BCUT2D eigenvalue weighted by Crippen LogP contribution is -2.23. The predicted molar refractivity (Wildman–Crippen MR) is 80.5 cm³/mol. The molecule has 0 spiro atoms. The van der Waals surface area contributed by atoms with Gasteiger partial charge in [0.25, 0.3) is 0 Å². The third-order valence-electron chi connectivity index (χ3n) is 3.09. The normalized spacial score (nSPS) is 12.0. The van der Waals surface area contributed by atoms with E-state index >= 15 is 0 Å². The highest BCUT2D eigenvalue weighted by Gasteiger charge is 2.11. The molecule has 0 saturated heterocycles. The third-order valence-corrected chi connectivity index (χ3v) is 3.09. The Morgan fingerprint density at radius 2 is 1.78 bits per heavy atom. The van der Waals surface area contributed by atoms with Crippen molar-refractivity contribution in [3.63, 3.8) is 0 Å². The van der Waals surface area contributed by atoms with E-state index in [0.717, 1.165) is 17.4 Å². The fraction of sp³-hybridized carbons (Fsp3) is 0.294. The lowest BCUT2D eigenvalue weighted by molar-refractivity contribution is 0.00473. The Hall–Kier alpha value is -2.18. The summed E-state index contributed by atoms with van der Waals surface area (Å²) >= 11 is 0. The fourth-order valence-corrected chi connectivity index (χ4v) is 1.86. The predicted octanol–water partition coefficient (Wildman–Crippen LogP) is 2.93. The number of rotatable bonds is 8. The summed E-state index contributed by atoms with van der Waals surface area (Å²) in [6, 6.07) is 10.9. The van der Waals surface area contributed by atoms with E-state index in [0.29, 0.717) is 6.61 Å². The summed E-state index contributed by atoms with van der Waals surface area (Å²) < 4.78 is 41.8. The molecule has 6 heteroatoms. The van der Waals surface area contributed by atoms with Crippen molar-refractivity contribution in [2.75, 3.05) is 20.3 Å². The molecule has 0 aliphatic rings. The molecule has 0 aliphatic heterocycles. The number of ether oxygens (including phenoxy) is 3. The van der Waals surface area contributed by atoms with Crippen LogP contribution in [0, 0.1) is 11.6 Å². The van der Waals surface area contributed by atoms with Crippen LogP contribution in [0.25, 0.3) is 0 Å². The standard InChI is InChI=1S/C17H18F2O4/c1-21-14-7-5-12(6-8-14)9-22-10-13(20)11-23-16-4-2-3-15(18)17(16)19/h2-8,13,20H,9-11H2,1H3. The minimum atomic E-state index is -1.07. The van der Waals surface area contributed by atoms with Gasteiger partial charge in [0.15, 0.2) is 11.6 Å². The van der Waals surface area contributed by atoms with E-state index in [1.807, 2.05) is 24.3 Å². The summed E-state index contributed by atoms with van der Waals surface area (Å²) in [5.41, 5.74) is 0.926. The van der Waals surface area contributed by atoms with Crippen molar-refractivity contribution < 1.29 is 28.1 Å². The Morgan fingerprint density at radius 1 is 1.04 bits per heavy atom. The molecule has 0 radical (unpaired) electrons. The van der Waals surface area contributed by atoms with Crippen LogP contribution in [0.3, 0.4) is 0 Å². The van der Waals surface area contributed by atoms with Crippen molar-refractivity contribution >= 4 is 0 Å². The molecule has 0 amide bonds. The molecule has 2 aromatic carbocycles. The number of aliphatic hydroxyl groups excluding tert-OH is 1. The lowest BCUT2D eigenvalue weighted by Gasteiger charge is -2.13. The van der Waals surface area contributed by atoms with E-state index in [9.17, 15) is 13.9 Å². The minimum absolute atomic E-state index is 0.0168. The average molecular weight is 324 g/mol. The van der Waals surface area contributed by atoms with Crippen molar-refractivity contribution in [1.82, 2.24) is 0 Å². The van der Waals surface area contributed by atoms with Crippen LogP contribution in [0.2, 0.25) is 0 Å². The van der Waals surface area contributed by atoms with Crippen molar-refractivity contribution in [3.8, 4) is 11.5 Å². The van der Waals surface area contributed by atoms with Crippen LogP contribution in [0.5, 0.6) is 11.5 Å². The zero-order valence-corrected chi connectivity index (χ0v) is 12.7. The molecular formula is C17H18F2O4. The topological polar surface area (TPSA) is 47.9 Å². The molecule has 23 heavy (non-hydrogen) atoms. The van der Waals surface area contributed by atoms with E-state index in [-0.39, 0.29) is 19.0 Å². The molecule has 1 N–H and O–H groups in total. The molecular weight excluding hydrogens is 306 g/mol. The maximum atomic E-state index is 13.4. The van der Waals surface area contributed by atoms with Crippen molar-refractivity contribution in [2.45, 2.75) is 12.7 Å². The molecule has 124 valence electrons. The molecule has 1 atom stereocenters. The summed E-state index contributed by atoms with van der Waals surface area (Å²) in [4.78, 5) is 0. The summed E-state index contributed by atoms with van der Waals surface area (Å²) in [6.45, 7) is 0.140. The quantitative estimate of drug-likeness (QED) is 0.811. The number of benzene rings is 2. The monoisotopic (exact) mass is 324 g/mol. The first kappa shape index (κ1) is 17.2. The van der Waals surface area contributed by atoms with Crippen LogP contribution in [-0.4, -0.2) is 31.5 Å². The highest BCUT2D eigenvalue weighted by Crippen LogP contribution is 2.19. The SMILES string of the molecule is COc1ccc(COCC(O)COc2cccc(F)c2F)cc1. The number of hydrogen-bond acceptors (Lipinski definition) is 4. The van der Waals surface area contributed by atoms with Crippen LogP contribution in [0.4, 0.5) is 8.78 Å².